The Kier molecular flexibility index (Phi) is 2.63. The van der Waals surface area contributed by atoms with Gasteiger partial charge in [0.15, 0.2) is 5.78 Å². The molecule has 0 saturated carbocycles. The Hall–Kier alpha value is -1.16. The number of ether oxygens (including phenoxy) is 1. The molecular formula is C10H13NO3. The quantitative estimate of drug-likeness (QED) is 0.685. The first-order valence-electron chi connectivity index (χ1n) is 4.80. The van der Waals surface area contributed by atoms with E-state index < -0.39 is 0 Å². The molecule has 4 heteroatoms. The average molecular weight is 195 g/mol. The van der Waals surface area contributed by atoms with E-state index in [2.05, 4.69) is 5.16 Å². The van der Waals surface area contributed by atoms with Gasteiger partial charge < -0.3 is 9.26 Å². The minimum absolute atomic E-state index is 0.0531. The molecule has 0 aliphatic carbocycles. The normalized spacial score (nSPS) is 21.4. The average Bonchev–Trinajstić information content (AvgIpc) is 2.75. The summed E-state index contributed by atoms with van der Waals surface area (Å²) in [6, 6.07) is 1.72. The van der Waals surface area contributed by atoms with E-state index in [9.17, 15) is 4.79 Å². The Labute approximate surface area is 82.2 Å². The molecule has 76 valence electrons. The maximum atomic E-state index is 10.9. The van der Waals surface area contributed by atoms with Crippen molar-refractivity contribution >= 4 is 5.78 Å². The molecule has 14 heavy (non-hydrogen) atoms. The van der Waals surface area contributed by atoms with Gasteiger partial charge in [-0.1, -0.05) is 5.16 Å². The summed E-state index contributed by atoms with van der Waals surface area (Å²) in [5, 5.41) is 3.69. The fourth-order valence-electron chi connectivity index (χ4n) is 1.60. The summed E-state index contributed by atoms with van der Waals surface area (Å²) in [5.74, 6) is 1.25. The van der Waals surface area contributed by atoms with Crippen LogP contribution in [0.3, 0.4) is 0 Å². The topological polar surface area (TPSA) is 52.3 Å². The molecule has 0 spiro atoms. The van der Waals surface area contributed by atoms with Crippen LogP contribution < -0.4 is 0 Å². The molecular weight excluding hydrogens is 182 g/mol. The van der Waals surface area contributed by atoms with E-state index >= 15 is 0 Å². The summed E-state index contributed by atoms with van der Waals surface area (Å²) in [4.78, 5) is 10.9. The molecule has 0 radical (unpaired) electrons. The first kappa shape index (κ1) is 9.40. The van der Waals surface area contributed by atoms with E-state index in [1.165, 1.54) is 6.92 Å². The van der Waals surface area contributed by atoms with Crippen molar-refractivity contribution in [2.24, 2.45) is 5.92 Å². The second-order valence-corrected chi connectivity index (χ2v) is 3.67. The molecule has 0 bridgehead atoms. The minimum atomic E-state index is -0.0531. The van der Waals surface area contributed by atoms with E-state index in [1.807, 2.05) is 0 Å². The number of nitrogens with zero attached hydrogens (tertiary/aromatic N) is 1. The SMILES string of the molecule is CC(=O)c1cc(CC2CCOC2)on1. The number of hydrogen-bond donors (Lipinski definition) is 0. The van der Waals surface area contributed by atoms with Crippen molar-refractivity contribution in [1.29, 1.82) is 0 Å². The molecule has 1 saturated heterocycles. The van der Waals surface area contributed by atoms with Gasteiger partial charge in [0.25, 0.3) is 0 Å². The Morgan fingerprint density at radius 3 is 3.14 bits per heavy atom. The second-order valence-electron chi connectivity index (χ2n) is 3.67. The predicted molar refractivity (Wildman–Crippen MR) is 49.1 cm³/mol. The molecule has 4 nitrogen and oxygen atoms in total. The van der Waals surface area contributed by atoms with Gasteiger partial charge in [0.05, 0.1) is 0 Å². The standard InChI is InChI=1S/C10H13NO3/c1-7(12)10-5-9(14-11-10)4-8-2-3-13-6-8/h5,8H,2-4,6H2,1H3. The number of aromatic nitrogens is 1. The van der Waals surface area contributed by atoms with Gasteiger partial charge in [0.2, 0.25) is 0 Å². The fourth-order valence-corrected chi connectivity index (χ4v) is 1.60. The van der Waals surface area contributed by atoms with Crippen molar-refractivity contribution in [3.05, 3.63) is 17.5 Å². The predicted octanol–water partition coefficient (Wildman–Crippen LogP) is 1.46. The highest BCUT2D eigenvalue weighted by Gasteiger charge is 2.18. The van der Waals surface area contributed by atoms with Crippen LogP contribution in [-0.2, 0) is 11.2 Å². The van der Waals surface area contributed by atoms with Crippen LogP contribution in [0.15, 0.2) is 10.6 Å². The van der Waals surface area contributed by atoms with Crippen molar-refractivity contribution in [3.8, 4) is 0 Å². The van der Waals surface area contributed by atoms with Crippen molar-refractivity contribution in [2.75, 3.05) is 13.2 Å². The van der Waals surface area contributed by atoms with Crippen molar-refractivity contribution in [2.45, 2.75) is 19.8 Å². The third kappa shape index (κ3) is 2.01. The maximum Gasteiger partial charge on any atom is 0.181 e. The van der Waals surface area contributed by atoms with Crippen molar-refractivity contribution in [1.82, 2.24) is 5.16 Å². The molecule has 1 aromatic rings. The monoisotopic (exact) mass is 195 g/mol. The van der Waals surface area contributed by atoms with Crippen LogP contribution in [0, 0.1) is 5.92 Å². The van der Waals surface area contributed by atoms with Gasteiger partial charge in [-0.2, -0.15) is 0 Å². The number of rotatable bonds is 3. The molecule has 0 aromatic carbocycles. The Balaban J connectivity index is 1.98. The summed E-state index contributed by atoms with van der Waals surface area (Å²) >= 11 is 0. The van der Waals surface area contributed by atoms with E-state index in [4.69, 9.17) is 9.26 Å². The van der Waals surface area contributed by atoms with Gasteiger partial charge in [-0.05, 0) is 12.3 Å². The fraction of sp³-hybridized carbons (Fsp3) is 0.600. The van der Waals surface area contributed by atoms with Crippen LogP contribution >= 0.6 is 0 Å². The van der Waals surface area contributed by atoms with E-state index in [0.717, 1.165) is 31.8 Å². The number of carbonyl (C=O) groups excluding carboxylic acids is 1. The summed E-state index contributed by atoms with van der Waals surface area (Å²) in [7, 11) is 0. The Bertz CT molecular complexity index is 326. The van der Waals surface area contributed by atoms with Gasteiger partial charge >= 0.3 is 0 Å². The van der Waals surface area contributed by atoms with Crippen LogP contribution in [-0.4, -0.2) is 24.2 Å². The minimum Gasteiger partial charge on any atom is -0.381 e. The van der Waals surface area contributed by atoms with Gasteiger partial charge in [0, 0.05) is 32.6 Å². The molecule has 0 amide bonds. The molecule has 1 aliphatic heterocycles. The molecule has 1 aromatic heterocycles. The molecule has 1 aliphatic rings. The lowest BCUT2D eigenvalue weighted by Gasteiger charge is -2.01. The van der Waals surface area contributed by atoms with E-state index in [-0.39, 0.29) is 5.78 Å². The van der Waals surface area contributed by atoms with Gasteiger partial charge in [-0.25, -0.2) is 0 Å². The Morgan fingerprint density at radius 1 is 1.71 bits per heavy atom. The van der Waals surface area contributed by atoms with Crippen LogP contribution in [0.5, 0.6) is 0 Å². The zero-order valence-electron chi connectivity index (χ0n) is 8.16. The smallest absolute Gasteiger partial charge is 0.181 e. The van der Waals surface area contributed by atoms with E-state index in [1.54, 1.807) is 6.07 Å². The highest BCUT2D eigenvalue weighted by molar-refractivity contribution is 5.91. The van der Waals surface area contributed by atoms with Gasteiger partial charge in [-0.15, -0.1) is 0 Å². The maximum absolute atomic E-state index is 10.9. The summed E-state index contributed by atoms with van der Waals surface area (Å²) in [6.45, 7) is 3.11. The van der Waals surface area contributed by atoms with Crippen molar-refractivity contribution in [3.63, 3.8) is 0 Å². The second kappa shape index (κ2) is 3.92. The van der Waals surface area contributed by atoms with Crippen LogP contribution in [0.2, 0.25) is 0 Å². The lowest BCUT2D eigenvalue weighted by atomic mass is 10.0. The van der Waals surface area contributed by atoms with Crippen LogP contribution in [0.1, 0.15) is 29.6 Å². The first-order valence-corrected chi connectivity index (χ1v) is 4.80. The number of carbonyl (C=O) groups is 1. The molecule has 2 heterocycles. The highest BCUT2D eigenvalue weighted by Crippen LogP contribution is 2.18. The van der Waals surface area contributed by atoms with E-state index in [0.29, 0.717) is 11.6 Å². The lowest BCUT2D eigenvalue weighted by molar-refractivity contribution is 0.100. The summed E-state index contributed by atoms with van der Waals surface area (Å²) < 4.78 is 10.3. The lowest BCUT2D eigenvalue weighted by Crippen LogP contribution is -2.02. The number of ketones is 1. The van der Waals surface area contributed by atoms with Crippen LogP contribution in [0.4, 0.5) is 0 Å². The molecule has 1 unspecified atom stereocenters. The molecule has 1 fully saturated rings. The summed E-state index contributed by atoms with van der Waals surface area (Å²) in [5.41, 5.74) is 0.416. The molecule has 2 rings (SSSR count). The number of Topliss-reactive ketones (excluding diaryl/α,β-unsaturated/α-hetero) is 1. The first-order chi connectivity index (χ1) is 6.75. The zero-order valence-corrected chi connectivity index (χ0v) is 8.16. The molecule has 0 N–H and O–H groups in total. The Morgan fingerprint density at radius 2 is 2.57 bits per heavy atom. The zero-order chi connectivity index (χ0) is 9.97. The van der Waals surface area contributed by atoms with Gasteiger partial charge in [0.1, 0.15) is 11.5 Å². The third-order valence-corrected chi connectivity index (χ3v) is 2.43. The van der Waals surface area contributed by atoms with Crippen molar-refractivity contribution < 1.29 is 14.1 Å². The number of hydrogen-bond acceptors (Lipinski definition) is 4. The largest absolute Gasteiger partial charge is 0.381 e. The van der Waals surface area contributed by atoms with Crippen LogP contribution in [0.25, 0.3) is 0 Å². The molecule has 1 atom stereocenters. The highest BCUT2D eigenvalue weighted by atomic mass is 16.5. The van der Waals surface area contributed by atoms with Gasteiger partial charge in [-0.3, -0.25) is 4.79 Å². The third-order valence-electron chi connectivity index (χ3n) is 2.43. The summed E-state index contributed by atoms with van der Waals surface area (Å²) in [6.07, 6.45) is 1.89.